The monoisotopic (exact) mass is 381 g/mol. The van der Waals surface area contributed by atoms with Crippen molar-refractivity contribution < 1.29 is 18.7 Å². The number of carbonyl (C=O) groups is 1. The fourth-order valence-corrected chi connectivity index (χ4v) is 2.78. The van der Waals surface area contributed by atoms with Gasteiger partial charge in [-0.05, 0) is 30.2 Å². The number of aromatic nitrogens is 2. The molecule has 146 valence electrons. The van der Waals surface area contributed by atoms with E-state index in [0.29, 0.717) is 36.1 Å². The quantitative estimate of drug-likeness (QED) is 0.595. The van der Waals surface area contributed by atoms with E-state index in [0.717, 1.165) is 11.1 Å². The summed E-state index contributed by atoms with van der Waals surface area (Å²) in [4.78, 5) is 13.9. The first kappa shape index (κ1) is 19.4. The van der Waals surface area contributed by atoms with Crippen LogP contribution in [0.5, 0.6) is 11.5 Å². The maximum absolute atomic E-state index is 12.4. The van der Waals surface area contributed by atoms with Gasteiger partial charge in [-0.25, -0.2) is 0 Å². The lowest BCUT2D eigenvalue weighted by molar-refractivity contribution is -0.130. The van der Waals surface area contributed by atoms with Gasteiger partial charge in [0.25, 0.3) is 0 Å². The van der Waals surface area contributed by atoms with Gasteiger partial charge < -0.3 is 18.8 Å². The van der Waals surface area contributed by atoms with Crippen LogP contribution in [0.25, 0.3) is 11.5 Å². The van der Waals surface area contributed by atoms with Crippen molar-refractivity contribution in [1.82, 2.24) is 15.1 Å². The van der Waals surface area contributed by atoms with Crippen molar-refractivity contribution in [2.24, 2.45) is 0 Å². The van der Waals surface area contributed by atoms with Gasteiger partial charge in [0, 0.05) is 19.0 Å². The third kappa shape index (κ3) is 4.68. The van der Waals surface area contributed by atoms with E-state index in [9.17, 15) is 4.79 Å². The Kier molecular flexibility index (Phi) is 6.26. The number of amides is 1. The average Bonchev–Trinajstić information content (AvgIpc) is 3.20. The number of hydrogen-bond acceptors (Lipinski definition) is 6. The Morgan fingerprint density at radius 3 is 2.50 bits per heavy atom. The lowest BCUT2D eigenvalue weighted by atomic mass is 10.1. The molecule has 1 heterocycles. The molecule has 0 aliphatic carbocycles. The Morgan fingerprint density at radius 2 is 1.79 bits per heavy atom. The maximum Gasteiger partial charge on any atom is 0.247 e. The molecule has 1 amide bonds. The van der Waals surface area contributed by atoms with Gasteiger partial charge in [-0.15, -0.1) is 10.2 Å². The highest BCUT2D eigenvalue weighted by molar-refractivity contribution is 5.76. The molecule has 0 aliphatic rings. The molecule has 0 N–H and O–H groups in total. The van der Waals surface area contributed by atoms with Gasteiger partial charge in [0.2, 0.25) is 17.7 Å². The number of hydrogen-bond donors (Lipinski definition) is 0. The van der Waals surface area contributed by atoms with Crippen LogP contribution in [-0.4, -0.2) is 42.3 Å². The molecule has 7 heteroatoms. The van der Waals surface area contributed by atoms with Crippen LogP contribution in [0.3, 0.4) is 0 Å². The predicted molar refractivity (Wildman–Crippen MR) is 104 cm³/mol. The molecule has 3 rings (SSSR count). The number of rotatable bonds is 8. The highest BCUT2D eigenvalue weighted by atomic mass is 16.5. The largest absolute Gasteiger partial charge is 0.493 e. The van der Waals surface area contributed by atoms with Gasteiger partial charge in [0.05, 0.1) is 20.8 Å². The molecule has 28 heavy (non-hydrogen) atoms. The summed E-state index contributed by atoms with van der Waals surface area (Å²) in [5.74, 6) is 1.96. The van der Waals surface area contributed by atoms with Crippen LogP contribution in [-0.2, 0) is 17.8 Å². The Balaban J connectivity index is 1.61. The minimum absolute atomic E-state index is 0.0229. The zero-order valence-electron chi connectivity index (χ0n) is 16.2. The lowest BCUT2D eigenvalue weighted by Gasteiger charge is -2.14. The van der Waals surface area contributed by atoms with Crippen LogP contribution < -0.4 is 9.47 Å². The van der Waals surface area contributed by atoms with E-state index in [1.807, 2.05) is 36.4 Å². The first-order valence-electron chi connectivity index (χ1n) is 8.93. The van der Waals surface area contributed by atoms with E-state index in [1.54, 1.807) is 38.3 Å². The van der Waals surface area contributed by atoms with Crippen molar-refractivity contribution >= 4 is 5.91 Å². The van der Waals surface area contributed by atoms with Gasteiger partial charge in [-0.1, -0.05) is 30.3 Å². The van der Waals surface area contributed by atoms with E-state index in [4.69, 9.17) is 13.9 Å². The summed E-state index contributed by atoms with van der Waals surface area (Å²) in [6, 6.07) is 15.3. The van der Waals surface area contributed by atoms with Crippen molar-refractivity contribution in [3.8, 4) is 23.0 Å². The van der Waals surface area contributed by atoms with E-state index in [2.05, 4.69) is 10.2 Å². The minimum Gasteiger partial charge on any atom is -0.493 e. The highest BCUT2D eigenvalue weighted by Gasteiger charge is 2.16. The zero-order valence-corrected chi connectivity index (χ0v) is 16.2. The third-order valence-corrected chi connectivity index (χ3v) is 4.37. The Hall–Kier alpha value is -3.35. The molecule has 7 nitrogen and oxygen atoms in total. The van der Waals surface area contributed by atoms with Crippen molar-refractivity contribution in [3.05, 3.63) is 60.0 Å². The summed E-state index contributed by atoms with van der Waals surface area (Å²) in [6.07, 6.45) is 1.13. The second kappa shape index (κ2) is 9.03. The molecule has 0 radical (unpaired) electrons. The molecule has 0 spiro atoms. The number of nitrogens with zero attached hydrogens (tertiary/aromatic N) is 3. The Bertz CT molecular complexity index is 924. The fraction of sp³-hybridized carbons (Fsp3) is 0.286. The van der Waals surface area contributed by atoms with Crippen molar-refractivity contribution in [2.75, 3.05) is 21.3 Å². The van der Waals surface area contributed by atoms with Gasteiger partial charge >= 0.3 is 0 Å². The van der Waals surface area contributed by atoms with Crippen molar-refractivity contribution in [3.63, 3.8) is 0 Å². The highest BCUT2D eigenvalue weighted by Crippen LogP contribution is 2.31. The van der Waals surface area contributed by atoms with E-state index < -0.39 is 0 Å². The van der Waals surface area contributed by atoms with Gasteiger partial charge in [-0.3, -0.25) is 4.79 Å². The van der Waals surface area contributed by atoms with Crippen molar-refractivity contribution in [2.45, 2.75) is 19.4 Å². The second-order valence-electron chi connectivity index (χ2n) is 6.31. The molecule has 0 saturated heterocycles. The van der Waals surface area contributed by atoms with E-state index in [1.165, 1.54) is 0 Å². The molecular weight excluding hydrogens is 358 g/mol. The normalized spacial score (nSPS) is 10.5. The number of methoxy groups -OCH3 is 2. The Labute approximate surface area is 163 Å². The van der Waals surface area contributed by atoms with Crippen LogP contribution in [0.4, 0.5) is 0 Å². The summed E-state index contributed by atoms with van der Waals surface area (Å²) in [5, 5.41) is 8.12. The standard InChI is InChI=1S/C21H23N3O4/c1-24(20(25)12-9-15-7-5-4-6-8-15)14-19-22-23-21(28-19)16-10-11-17(26-2)18(13-16)27-3/h4-8,10-11,13H,9,12,14H2,1-3H3. The number of aryl methyl sites for hydroxylation is 1. The number of ether oxygens (including phenoxy) is 2. The molecule has 0 aliphatic heterocycles. The topological polar surface area (TPSA) is 77.7 Å². The molecule has 2 aromatic carbocycles. The van der Waals surface area contributed by atoms with Crippen LogP contribution in [0.1, 0.15) is 17.9 Å². The molecule has 0 saturated carbocycles. The van der Waals surface area contributed by atoms with Crippen LogP contribution in [0, 0.1) is 0 Å². The summed E-state index contributed by atoms with van der Waals surface area (Å²) < 4.78 is 16.2. The predicted octanol–water partition coefficient (Wildman–Crippen LogP) is 3.35. The van der Waals surface area contributed by atoms with E-state index in [-0.39, 0.29) is 12.5 Å². The zero-order chi connectivity index (χ0) is 19.9. The fourth-order valence-electron chi connectivity index (χ4n) is 2.78. The molecule has 1 aromatic heterocycles. The van der Waals surface area contributed by atoms with E-state index >= 15 is 0 Å². The van der Waals surface area contributed by atoms with Crippen LogP contribution in [0.15, 0.2) is 52.9 Å². The third-order valence-electron chi connectivity index (χ3n) is 4.37. The molecular formula is C21H23N3O4. The second-order valence-corrected chi connectivity index (χ2v) is 6.31. The SMILES string of the molecule is COc1ccc(-c2nnc(CN(C)C(=O)CCc3ccccc3)o2)cc1OC. The maximum atomic E-state index is 12.4. The number of carbonyl (C=O) groups excluding carboxylic acids is 1. The van der Waals surface area contributed by atoms with Gasteiger partial charge in [-0.2, -0.15) is 0 Å². The average molecular weight is 381 g/mol. The first-order valence-corrected chi connectivity index (χ1v) is 8.93. The molecule has 0 bridgehead atoms. The summed E-state index contributed by atoms with van der Waals surface area (Å²) in [5.41, 5.74) is 1.85. The van der Waals surface area contributed by atoms with Crippen molar-refractivity contribution in [1.29, 1.82) is 0 Å². The molecule has 3 aromatic rings. The molecule has 0 fully saturated rings. The van der Waals surface area contributed by atoms with Gasteiger partial charge in [0.15, 0.2) is 11.5 Å². The van der Waals surface area contributed by atoms with Crippen LogP contribution >= 0.6 is 0 Å². The molecule has 0 unspecified atom stereocenters. The molecule has 0 atom stereocenters. The van der Waals surface area contributed by atoms with Crippen LogP contribution in [0.2, 0.25) is 0 Å². The summed E-state index contributed by atoms with van der Waals surface area (Å²) in [7, 11) is 4.87. The first-order chi connectivity index (χ1) is 13.6. The number of benzene rings is 2. The van der Waals surface area contributed by atoms with Gasteiger partial charge in [0.1, 0.15) is 0 Å². The Morgan fingerprint density at radius 1 is 1.04 bits per heavy atom. The smallest absolute Gasteiger partial charge is 0.247 e. The minimum atomic E-state index is 0.0229. The summed E-state index contributed by atoms with van der Waals surface area (Å²) in [6.45, 7) is 0.258. The lowest BCUT2D eigenvalue weighted by Crippen LogP contribution is -2.26. The summed E-state index contributed by atoms with van der Waals surface area (Å²) >= 11 is 0.